The van der Waals surface area contributed by atoms with Crippen LogP contribution in [-0.2, 0) is 11.3 Å². The molecule has 1 aromatic carbocycles. The van der Waals surface area contributed by atoms with Crippen molar-refractivity contribution in [2.24, 2.45) is 5.41 Å². The summed E-state index contributed by atoms with van der Waals surface area (Å²) in [5.41, 5.74) is 1.08. The van der Waals surface area contributed by atoms with Gasteiger partial charge < -0.3 is 15.1 Å². The highest BCUT2D eigenvalue weighted by molar-refractivity contribution is 5.78. The number of hydrogen-bond donors (Lipinski definition) is 1. The highest BCUT2D eigenvalue weighted by atomic mass is 16.2. The third-order valence-electron chi connectivity index (χ3n) is 3.89. The zero-order chi connectivity index (χ0) is 16.9. The predicted octanol–water partition coefficient (Wildman–Crippen LogP) is 2.48. The van der Waals surface area contributed by atoms with Crippen molar-refractivity contribution in [1.29, 1.82) is 0 Å². The van der Waals surface area contributed by atoms with E-state index >= 15 is 0 Å². The van der Waals surface area contributed by atoms with Gasteiger partial charge in [0.15, 0.2) is 0 Å². The van der Waals surface area contributed by atoms with Gasteiger partial charge in [0.05, 0.1) is 0 Å². The van der Waals surface area contributed by atoms with Gasteiger partial charge in [-0.05, 0) is 11.0 Å². The maximum absolute atomic E-state index is 12.2. The van der Waals surface area contributed by atoms with E-state index in [0.29, 0.717) is 39.1 Å². The lowest BCUT2D eigenvalue weighted by Gasteiger charge is -2.36. The fraction of sp³-hybridized carbons (Fsp3) is 0.556. The fourth-order valence-electron chi connectivity index (χ4n) is 2.61. The normalized spacial score (nSPS) is 15.4. The van der Waals surface area contributed by atoms with Gasteiger partial charge in [-0.3, -0.25) is 4.79 Å². The lowest BCUT2D eigenvalue weighted by molar-refractivity contribution is -0.134. The SMILES string of the molecule is CC(C)(C)CC(=O)N1CCN(C(=O)NCc2ccccc2)CC1. The number of carbonyl (C=O) groups excluding carboxylic acids is 2. The van der Waals surface area contributed by atoms with Crippen LogP contribution in [0.1, 0.15) is 32.8 Å². The van der Waals surface area contributed by atoms with Crippen LogP contribution in [-0.4, -0.2) is 47.9 Å². The summed E-state index contributed by atoms with van der Waals surface area (Å²) < 4.78 is 0. The summed E-state index contributed by atoms with van der Waals surface area (Å²) in [6, 6.07) is 9.80. The highest BCUT2D eigenvalue weighted by Crippen LogP contribution is 2.20. The van der Waals surface area contributed by atoms with Gasteiger partial charge in [0.2, 0.25) is 5.91 Å². The van der Waals surface area contributed by atoms with Gasteiger partial charge in [0.1, 0.15) is 0 Å². The molecule has 3 amide bonds. The maximum Gasteiger partial charge on any atom is 0.317 e. The molecule has 1 saturated heterocycles. The Hall–Kier alpha value is -2.04. The molecule has 1 aromatic rings. The molecule has 1 aliphatic heterocycles. The van der Waals surface area contributed by atoms with Crippen molar-refractivity contribution in [2.45, 2.75) is 33.7 Å². The van der Waals surface area contributed by atoms with E-state index in [1.54, 1.807) is 4.90 Å². The zero-order valence-corrected chi connectivity index (χ0v) is 14.3. The second-order valence-corrected chi connectivity index (χ2v) is 7.25. The van der Waals surface area contributed by atoms with Gasteiger partial charge in [-0.2, -0.15) is 0 Å². The molecule has 1 heterocycles. The number of urea groups is 1. The van der Waals surface area contributed by atoms with Gasteiger partial charge in [0, 0.05) is 39.1 Å². The minimum Gasteiger partial charge on any atom is -0.339 e. The first-order valence-electron chi connectivity index (χ1n) is 8.20. The smallest absolute Gasteiger partial charge is 0.317 e. The minimum atomic E-state index is -0.0585. The van der Waals surface area contributed by atoms with Crippen LogP contribution in [0.2, 0.25) is 0 Å². The third kappa shape index (κ3) is 5.58. The Morgan fingerprint density at radius 3 is 2.13 bits per heavy atom. The molecule has 0 saturated carbocycles. The first-order chi connectivity index (χ1) is 10.8. The standard InChI is InChI=1S/C18H27N3O2/c1-18(2,3)13-16(22)20-9-11-21(12-10-20)17(23)19-14-15-7-5-4-6-8-15/h4-8H,9-14H2,1-3H3,(H,19,23). The summed E-state index contributed by atoms with van der Waals surface area (Å²) in [4.78, 5) is 28.0. The number of piperazine rings is 1. The second kappa shape index (κ2) is 7.49. The van der Waals surface area contributed by atoms with Gasteiger partial charge in [-0.1, -0.05) is 51.1 Å². The number of nitrogens with one attached hydrogen (secondary N) is 1. The van der Waals surface area contributed by atoms with E-state index in [4.69, 9.17) is 0 Å². The number of nitrogens with zero attached hydrogens (tertiary/aromatic N) is 2. The quantitative estimate of drug-likeness (QED) is 0.931. The molecule has 1 aliphatic rings. The summed E-state index contributed by atoms with van der Waals surface area (Å²) in [5, 5.41) is 2.93. The van der Waals surface area contributed by atoms with E-state index < -0.39 is 0 Å². The summed E-state index contributed by atoms with van der Waals surface area (Å²) in [6.45, 7) is 9.16. The Morgan fingerprint density at radius 1 is 1.00 bits per heavy atom. The van der Waals surface area contributed by atoms with E-state index in [1.165, 1.54) is 0 Å². The molecule has 5 heteroatoms. The van der Waals surface area contributed by atoms with Crippen LogP contribution in [0.4, 0.5) is 4.79 Å². The molecule has 1 N–H and O–H groups in total. The number of amides is 3. The van der Waals surface area contributed by atoms with Crippen LogP contribution in [0.3, 0.4) is 0 Å². The highest BCUT2D eigenvalue weighted by Gasteiger charge is 2.26. The van der Waals surface area contributed by atoms with Crippen molar-refractivity contribution in [1.82, 2.24) is 15.1 Å². The van der Waals surface area contributed by atoms with Crippen molar-refractivity contribution in [2.75, 3.05) is 26.2 Å². The summed E-state index contributed by atoms with van der Waals surface area (Å²) >= 11 is 0. The van der Waals surface area contributed by atoms with Gasteiger partial charge >= 0.3 is 6.03 Å². The monoisotopic (exact) mass is 317 g/mol. The van der Waals surface area contributed by atoms with Crippen molar-refractivity contribution in [3.05, 3.63) is 35.9 Å². The average molecular weight is 317 g/mol. The van der Waals surface area contributed by atoms with Crippen LogP contribution in [0.15, 0.2) is 30.3 Å². The molecule has 0 radical (unpaired) electrons. The van der Waals surface area contributed by atoms with Crippen LogP contribution in [0, 0.1) is 5.41 Å². The van der Waals surface area contributed by atoms with Gasteiger partial charge in [-0.25, -0.2) is 4.79 Å². The lowest BCUT2D eigenvalue weighted by Crippen LogP contribution is -2.53. The van der Waals surface area contributed by atoms with Gasteiger partial charge in [0.25, 0.3) is 0 Å². The van der Waals surface area contributed by atoms with Crippen LogP contribution in [0.25, 0.3) is 0 Å². The molecule has 0 unspecified atom stereocenters. The maximum atomic E-state index is 12.2. The predicted molar refractivity (Wildman–Crippen MR) is 90.9 cm³/mol. The average Bonchev–Trinajstić information content (AvgIpc) is 2.52. The first-order valence-corrected chi connectivity index (χ1v) is 8.20. The molecule has 5 nitrogen and oxygen atoms in total. The second-order valence-electron chi connectivity index (χ2n) is 7.25. The van der Waals surface area contributed by atoms with E-state index in [2.05, 4.69) is 26.1 Å². The third-order valence-corrected chi connectivity index (χ3v) is 3.89. The van der Waals surface area contributed by atoms with E-state index in [1.807, 2.05) is 35.2 Å². The molecule has 0 aliphatic carbocycles. The molecule has 0 bridgehead atoms. The zero-order valence-electron chi connectivity index (χ0n) is 14.3. The molecule has 0 atom stereocenters. The van der Waals surface area contributed by atoms with Gasteiger partial charge in [-0.15, -0.1) is 0 Å². The molecule has 2 rings (SSSR count). The number of carbonyl (C=O) groups is 2. The molecule has 0 aromatic heterocycles. The Morgan fingerprint density at radius 2 is 1.57 bits per heavy atom. The Labute approximate surface area is 138 Å². The number of rotatable bonds is 3. The lowest BCUT2D eigenvalue weighted by atomic mass is 9.91. The summed E-state index contributed by atoms with van der Waals surface area (Å²) in [5.74, 6) is 0.182. The fourth-order valence-corrected chi connectivity index (χ4v) is 2.61. The first kappa shape index (κ1) is 17.3. The molecular formula is C18H27N3O2. The molecular weight excluding hydrogens is 290 g/mol. The summed E-state index contributed by atoms with van der Waals surface area (Å²) in [7, 11) is 0. The molecule has 126 valence electrons. The Kier molecular flexibility index (Phi) is 5.64. The Balaban J connectivity index is 1.75. The van der Waals surface area contributed by atoms with Crippen molar-refractivity contribution in [3.8, 4) is 0 Å². The Bertz CT molecular complexity index is 529. The molecule has 1 fully saturated rings. The largest absolute Gasteiger partial charge is 0.339 e. The van der Waals surface area contributed by atoms with Crippen LogP contribution >= 0.6 is 0 Å². The van der Waals surface area contributed by atoms with Crippen LogP contribution < -0.4 is 5.32 Å². The van der Waals surface area contributed by atoms with Crippen molar-refractivity contribution >= 4 is 11.9 Å². The number of hydrogen-bond acceptors (Lipinski definition) is 2. The minimum absolute atomic E-state index is 0.00127. The molecule has 0 spiro atoms. The summed E-state index contributed by atoms with van der Waals surface area (Å²) in [6.07, 6.45) is 0.549. The van der Waals surface area contributed by atoms with Crippen molar-refractivity contribution < 1.29 is 9.59 Å². The number of benzene rings is 1. The molecule has 23 heavy (non-hydrogen) atoms. The van der Waals surface area contributed by atoms with E-state index in [0.717, 1.165) is 5.56 Å². The van der Waals surface area contributed by atoms with E-state index in [-0.39, 0.29) is 17.4 Å². The van der Waals surface area contributed by atoms with Crippen molar-refractivity contribution in [3.63, 3.8) is 0 Å². The topological polar surface area (TPSA) is 52.7 Å². The van der Waals surface area contributed by atoms with E-state index in [9.17, 15) is 9.59 Å². The van der Waals surface area contributed by atoms with Crippen LogP contribution in [0.5, 0.6) is 0 Å².